The molecule has 1 atom stereocenters. The number of hydrogen-bond donors (Lipinski definition) is 2. The SMILES string of the molecule is COc1ccc(CCC23CCC([C@@H](O)c4cncc(F)c4)(CC2)N3)cc1.Cl.Cl. The number of aromatic nitrogens is 1. The van der Waals surface area contributed by atoms with E-state index in [0.29, 0.717) is 5.56 Å². The normalized spacial score (nSPS) is 26.2. The van der Waals surface area contributed by atoms with Crippen LogP contribution in [0.5, 0.6) is 5.75 Å². The minimum absolute atomic E-state index is 0. The van der Waals surface area contributed by atoms with Crippen LogP contribution >= 0.6 is 24.8 Å². The van der Waals surface area contributed by atoms with E-state index in [-0.39, 0.29) is 35.9 Å². The molecule has 1 aromatic heterocycles. The Kier molecular flexibility index (Phi) is 7.32. The number of rotatable bonds is 6. The zero-order valence-corrected chi connectivity index (χ0v) is 17.5. The lowest BCUT2D eigenvalue weighted by molar-refractivity contribution is 0.0730. The first-order valence-electron chi connectivity index (χ1n) is 9.25. The number of halogens is 3. The van der Waals surface area contributed by atoms with Crippen molar-refractivity contribution in [2.75, 3.05) is 7.11 Å². The highest BCUT2D eigenvalue weighted by Gasteiger charge is 2.56. The van der Waals surface area contributed by atoms with Gasteiger partial charge in [0.15, 0.2) is 0 Å². The minimum Gasteiger partial charge on any atom is -0.497 e. The Hall–Kier alpha value is -1.40. The molecule has 2 aliphatic heterocycles. The monoisotopic (exact) mass is 428 g/mol. The van der Waals surface area contributed by atoms with Gasteiger partial charge in [0.1, 0.15) is 11.6 Å². The second kappa shape index (κ2) is 8.95. The van der Waals surface area contributed by atoms with Gasteiger partial charge in [0.2, 0.25) is 0 Å². The molecule has 0 aliphatic carbocycles. The molecule has 2 N–H and O–H groups in total. The first kappa shape index (κ1) is 22.9. The number of benzene rings is 1. The third-order valence-corrected chi connectivity index (χ3v) is 6.23. The van der Waals surface area contributed by atoms with Gasteiger partial charge in [0.05, 0.1) is 19.4 Å². The molecule has 0 amide bonds. The second-order valence-electron chi connectivity index (χ2n) is 7.75. The van der Waals surface area contributed by atoms with Crippen molar-refractivity contribution in [2.45, 2.75) is 55.7 Å². The van der Waals surface area contributed by atoms with Crippen LogP contribution in [0.3, 0.4) is 0 Å². The summed E-state index contributed by atoms with van der Waals surface area (Å²) in [5.41, 5.74) is 1.57. The minimum atomic E-state index is -0.726. The lowest BCUT2D eigenvalue weighted by atomic mass is 9.76. The number of nitrogens with one attached hydrogen (secondary N) is 1. The van der Waals surface area contributed by atoms with Gasteiger partial charge in [-0.3, -0.25) is 4.98 Å². The van der Waals surface area contributed by atoms with Crippen molar-refractivity contribution < 1.29 is 14.2 Å². The summed E-state index contributed by atoms with van der Waals surface area (Å²) in [6, 6.07) is 9.60. The standard InChI is InChI=1S/C21H25FN2O2.2ClH/c1-26-18-4-2-15(3-5-18)6-7-20-8-10-21(24-20,11-9-20)19(25)16-12-17(22)14-23-13-16;;/h2-5,12-14,19,24-25H,6-11H2,1H3;2*1H/t19-,20?,21?;;/m0../s1. The molecule has 2 fully saturated rings. The van der Waals surface area contributed by atoms with Crippen LogP contribution in [0.25, 0.3) is 0 Å². The van der Waals surface area contributed by atoms with Crippen LogP contribution in [0.4, 0.5) is 4.39 Å². The van der Waals surface area contributed by atoms with Crippen molar-refractivity contribution >= 4 is 24.8 Å². The van der Waals surface area contributed by atoms with Gasteiger partial charge in [-0.1, -0.05) is 12.1 Å². The van der Waals surface area contributed by atoms with Gasteiger partial charge in [0, 0.05) is 22.8 Å². The maximum Gasteiger partial charge on any atom is 0.141 e. The fourth-order valence-corrected chi connectivity index (χ4v) is 4.68. The first-order chi connectivity index (χ1) is 12.5. The molecule has 2 aromatic rings. The van der Waals surface area contributed by atoms with Crippen LogP contribution in [0, 0.1) is 5.82 Å². The molecule has 7 heteroatoms. The molecule has 28 heavy (non-hydrogen) atoms. The van der Waals surface area contributed by atoms with Crippen LogP contribution in [0.1, 0.15) is 49.3 Å². The molecule has 0 saturated carbocycles. The highest BCUT2D eigenvalue weighted by Crippen LogP contribution is 2.52. The van der Waals surface area contributed by atoms with Crippen molar-refractivity contribution in [1.29, 1.82) is 0 Å². The fraction of sp³-hybridized carbons (Fsp3) is 0.476. The molecule has 4 nitrogen and oxygen atoms in total. The van der Waals surface area contributed by atoms with Crippen molar-refractivity contribution in [2.24, 2.45) is 0 Å². The van der Waals surface area contributed by atoms with Crippen molar-refractivity contribution in [3.63, 3.8) is 0 Å². The Labute approximate surface area is 177 Å². The molecule has 4 rings (SSSR count). The highest BCUT2D eigenvalue weighted by molar-refractivity contribution is 5.85. The predicted molar refractivity (Wildman–Crippen MR) is 112 cm³/mol. The van der Waals surface area contributed by atoms with Crippen LogP contribution in [0.15, 0.2) is 42.7 Å². The summed E-state index contributed by atoms with van der Waals surface area (Å²) in [5, 5.41) is 14.6. The van der Waals surface area contributed by atoms with E-state index in [2.05, 4.69) is 22.4 Å². The Morgan fingerprint density at radius 3 is 2.43 bits per heavy atom. The maximum absolute atomic E-state index is 13.5. The number of aliphatic hydroxyl groups excluding tert-OH is 1. The van der Waals surface area contributed by atoms with Gasteiger partial charge >= 0.3 is 0 Å². The van der Waals surface area contributed by atoms with E-state index in [0.717, 1.165) is 44.3 Å². The van der Waals surface area contributed by atoms with Crippen molar-refractivity contribution in [3.8, 4) is 5.75 Å². The largest absolute Gasteiger partial charge is 0.497 e. The zero-order chi connectivity index (χ0) is 18.2. The van der Waals surface area contributed by atoms with Crippen LogP contribution in [-0.2, 0) is 6.42 Å². The van der Waals surface area contributed by atoms with Gasteiger partial charge in [-0.25, -0.2) is 4.39 Å². The maximum atomic E-state index is 13.5. The van der Waals surface area contributed by atoms with E-state index >= 15 is 0 Å². The number of pyridine rings is 1. The van der Waals surface area contributed by atoms with E-state index in [1.807, 2.05) is 12.1 Å². The van der Waals surface area contributed by atoms with Gasteiger partial charge in [-0.2, -0.15) is 0 Å². The van der Waals surface area contributed by atoms with E-state index in [1.165, 1.54) is 17.8 Å². The number of methoxy groups -OCH3 is 1. The molecule has 0 spiro atoms. The molecule has 154 valence electrons. The number of fused-ring (bicyclic) bond motifs is 2. The van der Waals surface area contributed by atoms with E-state index in [4.69, 9.17) is 4.74 Å². The predicted octanol–water partition coefficient (Wildman–Crippen LogP) is 4.39. The van der Waals surface area contributed by atoms with Gasteiger partial charge in [-0.05, 0) is 62.3 Å². The molecule has 2 bridgehead atoms. The van der Waals surface area contributed by atoms with Gasteiger partial charge in [-0.15, -0.1) is 24.8 Å². The summed E-state index contributed by atoms with van der Waals surface area (Å²) < 4.78 is 18.7. The highest BCUT2D eigenvalue weighted by atomic mass is 35.5. The third kappa shape index (κ3) is 4.28. The molecule has 0 unspecified atom stereocenters. The van der Waals surface area contributed by atoms with Crippen LogP contribution in [0.2, 0.25) is 0 Å². The van der Waals surface area contributed by atoms with E-state index < -0.39 is 11.9 Å². The Balaban J connectivity index is 0.00000140. The molecule has 2 saturated heterocycles. The summed E-state index contributed by atoms with van der Waals surface area (Å²) in [4.78, 5) is 3.89. The lowest BCUT2D eigenvalue weighted by Crippen LogP contribution is -2.46. The van der Waals surface area contributed by atoms with Crippen molar-refractivity contribution in [3.05, 3.63) is 59.7 Å². The third-order valence-electron chi connectivity index (χ3n) is 6.23. The Bertz CT molecular complexity index is 780. The van der Waals surface area contributed by atoms with Crippen LogP contribution < -0.4 is 10.1 Å². The van der Waals surface area contributed by atoms with Gasteiger partial charge < -0.3 is 15.2 Å². The van der Waals surface area contributed by atoms with Crippen LogP contribution in [-0.4, -0.2) is 28.3 Å². The van der Waals surface area contributed by atoms with Crippen molar-refractivity contribution in [1.82, 2.24) is 10.3 Å². The number of aryl methyl sites for hydroxylation is 1. The summed E-state index contributed by atoms with van der Waals surface area (Å²) in [6.45, 7) is 0. The number of nitrogens with zero attached hydrogens (tertiary/aromatic N) is 1. The lowest BCUT2D eigenvalue weighted by Gasteiger charge is -2.32. The quantitative estimate of drug-likeness (QED) is 0.715. The molecule has 0 radical (unpaired) electrons. The smallest absolute Gasteiger partial charge is 0.141 e. The second-order valence-corrected chi connectivity index (χ2v) is 7.75. The van der Waals surface area contributed by atoms with Gasteiger partial charge in [0.25, 0.3) is 0 Å². The Morgan fingerprint density at radius 2 is 1.82 bits per heavy atom. The summed E-state index contributed by atoms with van der Waals surface area (Å²) in [7, 11) is 1.67. The summed E-state index contributed by atoms with van der Waals surface area (Å²) in [6.07, 6.45) is 7.95. The molecule has 2 aliphatic rings. The Morgan fingerprint density at radius 1 is 1.14 bits per heavy atom. The topological polar surface area (TPSA) is 54.4 Å². The average molecular weight is 429 g/mol. The van der Waals surface area contributed by atoms with E-state index in [9.17, 15) is 9.50 Å². The van der Waals surface area contributed by atoms with E-state index in [1.54, 1.807) is 13.3 Å². The summed E-state index contributed by atoms with van der Waals surface area (Å²) in [5.74, 6) is 0.470. The number of hydrogen-bond acceptors (Lipinski definition) is 4. The molecular weight excluding hydrogens is 402 g/mol. The summed E-state index contributed by atoms with van der Waals surface area (Å²) >= 11 is 0. The molecule has 3 heterocycles. The first-order valence-corrected chi connectivity index (χ1v) is 9.25. The average Bonchev–Trinajstić information content (AvgIpc) is 3.24. The number of ether oxygens (including phenoxy) is 1. The zero-order valence-electron chi connectivity index (χ0n) is 15.9. The molecule has 1 aromatic carbocycles. The fourth-order valence-electron chi connectivity index (χ4n) is 4.68. The molecular formula is C21H27Cl2FN2O2. The number of aliphatic hydroxyl groups is 1.